The van der Waals surface area contributed by atoms with Crippen molar-refractivity contribution in [3.05, 3.63) is 41.0 Å². The first-order chi connectivity index (χ1) is 16.4. The van der Waals surface area contributed by atoms with E-state index >= 15 is 0 Å². The highest BCUT2D eigenvalue weighted by Gasteiger charge is 2.32. The lowest BCUT2D eigenvalue weighted by atomic mass is 10.1. The van der Waals surface area contributed by atoms with Crippen LogP contribution in [0.25, 0.3) is 0 Å². The second-order valence-electron chi connectivity index (χ2n) is 8.19. The van der Waals surface area contributed by atoms with Gasteiger partial charge in [0.05, 0.1) is 33.2 Å². The van der Waals surface area contributed by atoms with E-state index in [0.29, 0.717) is 44.2 Å². The molecule has 0 atom stereocenters. The molecular weight excluding hydrogens is 438 g/mol. The summed E-state index contributed by atoms with van der Waals surface area (Å²) in [5.41, 5.74) is 8.56. The molecule has 0 saturated carbocycles. The topological polar surface area (TPSA) is 131 Å². The molecule has 0 radical (unpaired) electrons. The van der Waals surface area contributed by atoms with Crippen LogP contribution in [0, 0.1) is 0 Å². The summed E-state index contributed by atoms with van der Waals surface area (Å²) in [5, 5.41) is 9.56. The number of nitrogen functional groups attached to an aromatic ring is 1. The van der Waals surface area contributed by atoms with E-state index in [1.54, 1.807) is 4.90 Å². The Morgan fingerprint density at radius 3 is 2.79 bits per heavy atom. The van der Waals surface area contributed by atoms with Gasteiger partial charge in [-0.3, -0.25) is 19.4 Å². The number of benzene rings is 1. The fourth-order valence-electron chi connectivity index (χ4n) is 3.82. The van der Waals surface area contributed by atoms with E-state index in [0.717, 1.165) is 24.0 Å². The Morgan fingerprint density at radius 1 is 1.26 bits per heavy atom. The number of hydrogen-bond donors (Lipinski definition) is 2. The molecule has 0 spiro atoms. The highest BCUT2D eigenvalue weighted by molar-refractivity contribution is 6.01. The average Bonchev–Trinajstić information content (AvgIpc) is 3.13. The number of nitrogens with zero attached hydrogens (tertiary/aromatic N) is 4. The van der Waals surface area contributed by atoms with Gasteiger partial charge < -0.3 is 20.3 Å². The molecule has 3 N–H and O–H groups in total. The SMILES string of the molecule is CCCCOc1nc(N)c2c(n1)N(CCN(CCO)Cc1cccc(CC(=O)OC)c1)C(=O)C2. The number of hydrogen-bond acceptors (Lipinski definition) is 9. The molecule has 0 bridgehead atoms. The standard InChI is InChI=1S/C24H33N5O5/c1-3-4-12-34-24-26-22(25)19-15-20(31)29(23(19)27-24)9-8-28(10-11-30)16-18-7-5-6-17(13-18)14-21(32)33-2/h5-7,13,30H,3-4,8-12,14-16H2,1-2H3,(H2,25,26,27). The maximum absolute atomic E-state index is 12.7. The van der Waals surface area contributed by atoms with Crippen LogP contribution in [0.3, 0.4) is 0 Å². The number of methoxy groups -OCH3 is 1. The first kappa shape index (κ1) is 25.4. The van der Waals surface area contributed by atoms with E-state index in [1.807, 2.05) is 29.2 Å². The van der Waals surface area contributed by atoms with Crippen LogP contribution in [-0.2, 0) is 33.7 Å². The van der Waals surface area contributed by atoms with E-state index < -0.39 is 0 Å². The van der Waals surface area contributed by atoms with Crippen molar-refractivity contribution in [1.29, 1.82) is 0 Å². The van der Waals surface area contributed by atoms with Crippen molar-refractivity contribution in [3.63, 3.8) is 0 Å². The van der Waals surface area contributed by atoms with Gasteiger partial charge in [-0.1, -0.05) is 37.6 Å². The Kier molecular flexibility index (Phi) is 9.17. The molecule has 10 heteroatoms. The van der Waals surface area contributed by atoms with Crippen LogP contribution in [0.4, 0.5) is 11.6 Å². The third kappa shape index (κ3) is 6.64. The number of rotatable bonds is 13. The fraction of sp³-hybridized carbons (Fsp3) is 0.500. The fourth-order valence-corrected chi connectivity index (χ4v) is 3.82. The second-order valence-corrected chi connectivity index (χ2v) is 8.19. The number of carbonyl (C=O) groups excluding carboxylic acids is 2. The minimum absolute atomic E-state index is 0.0169. The second kappa shape index (κ2) is 12.3. The maximum atomic E-state index is 12.7. The van der Waals surface area contributed by atoms with Crippen LogP contribution in [0.1, 0.15) is 36.5 Å². The van der Waals surface area contributed by atoms with Crippen molar-refractivity contribution >= 4 is 23.5 Å². The first-order valence-corrected chi connectivity index (χ1v) is 11.5. The van der Waals surface area contributed by atoms with Crippen LogP contribution in [0.2, 0.25) is 0 Å². The van der Waals surface area contributed by atoms with Gasteiger partial charge >= 0.3 is 12.0 Å². The third-order valence-corrected chi connectivity index (χ3v) is 5.64. The van der Waals surface area contributed by atoms with Crippen LogP contribution in [0.5, 0.6) is 6.01 Å². The number of aliphatic hydroxyl groups excluding tert-OH is 1. The van der Waals surface area contributed by atoms with Crippen molar-refractivity contribution < 1.29 is 24.2 Å². The molecule has 2 heterocycles. The van der Waals surface area contributed by atoms with E-state index in [1.165, 1.54) is 7.11 Å². The highest BCUT2D eigenvalue weighted by Crippen LogP contribution is 2.32. The summed E-state index contributed by atoms with van der Waals surface area (Å²) in [5.74, 6) is 0.371. The van der Waals surface area contributed by atoms with E-state index in [2.05, 4.69) is 16.9 Å². The first-order valence-electron chi connectivity index (χ1n) is 11.5. The predicted molar refractivity (Wildman–Crippen MR) is 127 cm³/mol. The predicted octanol–water partition coefficient (Wildman–Crippen LogP) is 1.34. The molecule has 34 heavy (non-hydrogen) atoms. The molecule has 2 aromatic rings. The highest BCUT2D eigenvalue weighted by atomic mass is 16.5. The number of esters is 1. The Balaban J connectivity index is 1.68. The summed E-state index contributed by atoms with van der Waals surface area (Å²) in [6.07, 6.45) is 2.22. The molecule has 1 aromatic heterocycles. The van der Waals surface area contributed by atoms with Gasteiger partial charge in [0.1, 0.15) is 11.6 Å². The molecule has 1 amide bonds. The lowest BCUT2D eigenvalue weighted by molar-refractivity contribution is -0.139. The third-order valence-electron chi connectivity index (χ3n) is 5.64. The Hall–Kier alpha value is -3.24. The number of aromatic nitrogens is 2. The molecular formula is C24H33N5O5. The summed E-state index contributed by atoms with van der Waals surface area (Å²) < 4.78 is 10.4. The van der Waals surface area contributed by atoms with E-state index in [4.69, 9.17) is 15.2 Å². The van der Waals surface area contributed by atoms with Crippen LogP contribution < -0.4 is 15.4 Å². The molecule has 3 rings (SSSR count). The monoisotopic (exact) mass is 471 g/mol. The Bertz CT molecular complexity index is 1000. The van der Waals surface area contributed by atoms with Crippen molar-refractivity contribution in [3.8, 4) is 6.01 Å². The number of unbranched alkanes of at least 4 members (excludes halogenated alkanes) is 1. The van der Waals surface area contributed by atoms with E-state index in [9.17, 15) is 14.7 Å². The minimum atomic E-state index is -0.296. The van der Waals surface area contributed by atoms with Gasteiger partial charge in [0.15, 0.2) is 0 Å². The molecule has 10 nitrogen and oxygen atoms in total. The normalized spacial score (nSPS) is 12.8. The van der Waals surface area contributed by atoms with Gasteiger partial charge in [0.25, 0.3) is 0 Å². The van der Waals surface area contributed by atoms with Crippen molar-refractivity contribution in [1.82, 2.24) is 14.9 Å². The number of nitrogens with two attached hydrogens (primary N) is 1. The molecule has 0 aliphatic carbocycles. The largest absolute Gasteiger partial charge is 0.469 e. The van der Waals surface area contributed by atoms with Gasteiger partial charge in [0.2, 0.25) is 5.91 Å². The zero-order valence-electron chi connectivity index (χ0n) is 19.8. The number of aliphatic hydroxyl groups is 1. The molecule has 1 aliphatic rings. The summed E-state index contributed by atoms with van der Waals surface area (Å²) in [6, 6.07) is 7.87. The van der Waals surface area contributed by atoms with Crippen LogP contribution >= 0.6 is 0 Å². The van der Waals surface area contributed by atoms with E-state index in [-0.39, 0.29) is 43.2 Å². The number of anilines is 2. The average molecular weight is 472 g/mol. The van der Waals surface area contributed by atoms with Crippen molar-refractivity contribution in [2.75, 3.05) is 50.6 Å². The van der Waals surface area contributed by atoms with Crippen molar-refractivity contribution in [2.24, 2.45) is 0 Å². The number of fused-ring (bicyclic) bond motifs is 1. The summed E-state index contributed by atoms with van der Waals surface area (Å²) in [7, 11) is 1.37. The number of ether oxygens (including phenoxy) is 2. The number of carbonyl (C=O) groups is 2. The quantitative estimate of drug-likeness (QED) is 0.328. The van der Waals surface area contributed by atoms with Crippen molar-refractivity contribution in [2.45, 2.75) is 39.2 Å². The van der Waals surface area contributed by atoms with Crippen LogP contribution in [0.15, 0.2) is 24.3 Å². The molecule has 1 aromatic carbocycles. The van der Waals surface area contributed by atoms with Crippen LogP contribution in [-0.4, -0.2) is 71.8 Å². The lowest BCUT2D eigenvalue weighted by Gasteiger charge is -2.25. The molecule has 1 aliphatic heterocycles. The summed E-state index contributed by atoms with van der Waals surface area (Å²) >= 11 is 0. The molecule has 184 valence electrons. The minimum Gasteiger partial charge on any atom is -0.469 e. The van der Waals surface area contributed by atoms with Gasteiger partial charge in [-0.15, -0.1) is 0 Å². The van der Waals surface area contributed by atoms with Gasteiger partial charge in [-0.05, 0) is 17.5 Å². The summed E-state index contributed by atoms with van der Waals surface area (Å²) in [6.45, 7) is 4.44. The number of amides is 1. The Labute approximate surface area is 199 Å². The van der Waals surface area contributed by atoms with Gasteiger partial charge in [0, 0.05) is 31.7 Å². The lowest BCUT2D eigenvalue weighted by Crippen LogP contribution is -2.38. The molecule has 0 saturated heterocycles. The van der Waals surface area contributed by atoms with Gasteiger partial charge in [-0.2, -0.15) is 9.97 Å². The zero-order chi connectivity index (χ0) is 24.5. The maximum Gasteiger partial charge on any atom is 0.320 e. The zero-order valence-corrected chi connectivity index (χ0v) is 19.8. The van der Waals surface area contributed by atoms with Gasteiger partial charge in [-0.25, -0.2) is 0 Å². The summed E-state index contributed by atoms with van der Waals surface area (Å²) in [4.78, 5) is 36.6. The molecule has 0 unspecified atom stereocenters. The smallest absolute Gasteiger partial charge is 0.320 e. The molecule has 0 fully saturated rings. The Morgan fingerprint density at radius 2 is 2.06 bits per heavy atom.